The second kappa shape index (κ2) is 7.05. The van der Waals surface area contributed by atoms with E-state index in [0.29, 0.717) is 11.8 Å². The van der Waals surface area contributed by atoms with E-state index in [1.54, 1.807) is 0 Å². The average Bonchev–Trinajstić information content (AvgIpc) is 3.15. The zero-order valence-electron chi connectivity index (χ0n) is 16.4. The van der Waals surface area contributed by atoms with Crippen LogP contribution in [0.25, 0.3) is 0 Å². The van der Waals surface area contributed by atoms with Crippen molar-refractivity contribution in [2.45, 2.75) is 44.3 Å². The Morgan fingerprint density at radius 2 is 1.56 bits per heavy atom. The molecule has 1 heterocycles. The third-order valence-corrected chi connectivity index (χ3v) is 6.54. The lowest BCUT2D eigenvalue weighted by Crippen LogP contribution is -2.29. The fourth-order valence-electron chi connectivity index (χ4n) is 4.98. The fourth-order valence-corrected chi connectivity index (χ4v) is 4.98. The minimum absolute atomic E-state index is 0.604. The number of hydrogen-bond donors (Lipinski definition) is 2. The van der Waals surface area contributed by atoms with Gasteiger partial charge in [0.15, 0.2) is 0 Å². The molecule has 2 aromatic rings. The molecule has 27 heavy (non-hydrogen) atoms. The smallest absolute Gasteiger partial charge is 0.0903 e. The topological polar surface area (TPSA) is 43.7 Å². The van der Waals surface area contributed by atoms with Crippen LogP contribution in [0, 0.1) is 11.8 Å². The van der Waals surface area contributed by atoms with Crippen LogP contribution in [-0.4, -0.2) is 34.7 Å². The summed E-state index contributed by atoms with van der Waals surface area (Å²) in [5.41, 5.74) is 1.96. The molecule has 2 aliphatic rings. The maximum atomic E-state index is 11.1. The molecule has 0 bridgehead atoms. The predicted molar refractivity (Wildman–Crippen MR) is 108 cm³/mol. The molecule has 1 unspecified atom stereocenters. The first-order valence-corrected chi connectivity index (χ1v) is 10.2. The van der Waals surface area contributed by atoms with Crippen LogP contribution in [0.5, 0.6) is 0 Å². The summed E-state index contributed by atoms with van der Waals surface area (Å²) in [6.07, 6.45) is 2.81. The molecule has 0 aromatic heterocycles. The highest BCUT2D eigenvalue weighted by Crippen LogP contribution is 2.48. The van der Waals surface area contributed by atoms with Crippen molar-refractivity contribution in [3.63, 3.8) is 0 Å². The van der Waals surface area contributed by atoms with Gasteiger partial charge in [-0.25, -0.2) is 0 Å². The molecule has 2 N–H and O–H groups in total. The third-order valence-electron chi connectivity index (χ3n) is 6.54. The summed E-state index contributed by atoms with van der Waals surface area (Å²) in [6.45, 7) is 6.91. The summed E-state index contributed by atoms with van der Waals surface area (Å²) in [6, 6.07) is 18.5. The number of fused-ring (bicyclic) bond motifs is 1. The van der Waals surface area contributed by atoms with Crippen molar-refractivity contribution in [3.05, 3.63) is 71.3 Å². The number of likely N-dealkylation sites (tertiary alicyclic amines) is 1. The average molecular weight is 366 g/mol. The van der Waals surface area contributed by atoms with Crippen molar-refractivity contribution in [1.29, 1.82) is 0 Å². The Balaban J connectivity index is 1.31. The van der Waals surface area contributed by atoms with Gasteiger partial charge >= 0.3 is 0 Å². The van der Waals surface area contributed by atoms with Gasteiger partial charge in [0, 0.05) is 19.6 Å². The molecule has 0 amide bonds. The minimum atomic E-state index is -0.777. The molecule has 1 saturated heterocycles. The summed E-state index contributed by atoms with van der Waals surface area (Å²) in [5, 5.41) is 21.2. The molecular formula is C24H31NO2. The SMILES string of the molecule is CC(C)(O)c1ccc(CCN2C[C@@H]3CC(O)(c4ccccc4)C[C@@H]3C2)cc1. The van der Waals surface area contributed by atoms with E-state index >= 15 is 0 Å². The molecule has 1 saturated carbocycles. The van der Waals surface area contributed by atoms with Crippen molar-refractivity contribution in [2.24, 2.45) is 11.8 Å². The van der Waals surface area contributed by atoms with Crippen molar-refractivity contribution in [2.75, 3.05) is 19.6 Å². The second-order valence-corrected chi connectivity index (χ2v) is 9.09. The Morgan fingerprint density at radius 3 is 2.11 bits per heavy atom. The first-order chi connectivity index (χ1) is 12.8. The number of rotatable bonds is 5. The van der Waals surface area contributed by atoms with Gasteiger partial charge in [0.2, 0.25) is 0 Å². The first-order valence-electron chi connectivity index (χ1n) is 10.2. The van der Waals surface area contributed by atoms with Crippen LogP contribution < -0.4 is 0 Å². The lowest BCUT2D eigenvalue weighted by atomic mass is 9.90. The standard InChI is InChI=1S/C24H31NO2/c1-23(2,26)21-10-8-18(9-11-21)12-13-25-16-19-14-24(27,15-20(19)17-25)22-6-4-3-5-7-22/h3-11,19-20,26-27H,12-17H2,1-2H3/t19-,20+,24?. The zero-order valence-corrected chi connectivity index (χ0v) is 16.4. The van der Waals surface area contributed by atoms with Gasteiger partial charge in [0.05, 0.1) is 11.2 Å². The maximum Gasteiger partial charge on any atom is 0.0903 e. The molecule has 2 fully saturated rings. The highest BCUT2D eigenvalue weighted by Gasteiger charge is 2.48. The van der Waals surface area contributed by atoms with Crippen molar-refractivity contribution in [1.82, 2.24) is 4.90 Å². The van der Waals surface area contributed by atoms with Gasteiger partial charge < -0.3 is 15.1 Å². The number of hydrogen-bond acceptors (Lipinski definition) is 3. The van der Waals surface area contributed by atoms with Crippen LogP contribution in [0.2, 0.25) is 0 Å². The van der Waals surface area contributed by atoms with Crippen LogP contribution in [0.3, 0.4) is 0 Å². The number of aliphatic hydroxyl groups is 2. The van der Waals surface area contributed by atoms with Gasteiger partial charge in [0.25, 0.3) is 0 Å². The van der Waals surface area contributed by atoms with E-state index < -0.39 is 11.2 Å². The zero-order chi connectivity index (χ0) is 19.1. The summed E-state index contributed by atoms with van der Waals surface area (Å²) < 4.78 is 0. The van der Waals surface area contributed by atoms with Crippen LogP contribution in [0.4, 0.5) is 0 Å². The molecule has 3 atom stereocenters. The van der Waals surface area contributed by atoms with Crippen LogP contribution in [0.15, 0.2) is 54.6 Å². The van der Waals surface area contributed by atoms with Crippen molar-refractivity contribution in [3.8, 4) is 0 Å². The Labute approximate surface area is 162 Å². The highest BCUT2D eigenvalue weighted by molar-refractivity contribution is 5.27. The lowest BCUT2D eigenvalue weighted by molar-refractivity contribution is 0.0314. The van der Waals surface area contributed by atoms with Gasteiger partial charge in [-0.2, -0.15) is 0 Å². The van der Waals surface area contributed by atoms with Crippen molar-refractivity contribution < 1.29 is 10.2 Å². The minimum Gasteiger partial charge on any atom is -0.386 e. The van der Waals surface area contributed by atoms with Gasteiger partial charge in [0.1, 0.15) is 0 Å². The van der Waals surface area contributed by atoms with Gasteiger partial charge in [-0.15, -0.1) is 0 Å². The Morgan fingerprint density at radius 1 is 0.963 bits per heavy atom. The highest BCUT2D eigenvalue weighted by atomic mass is 16.3. The summed E-state index contributed by atoms with van der Waals surface area (Å²) in [4.78, 5) is 2.56. The van der Waals surface area contributed by atoms with Crippen LogP contribution in [-0.2, 0) is 17.6 Å². The van der Waals surface area contributed by atoms with Crippen LogP contribution in [0.1, 0.15) is 43.4 Å². The predicted octanol–water partition coefficient (Wildman–Crippen LogP) is 3.69. The van der Waals surface area contributed by atoms with Crippen molar-refractivity contribution >= 4 is 0 Å². The number of benzene rings is 2. The summed E-state index contributed by atoms with van der Waals surface area (Å²) >= 11 is 0. The fraction of sp³-hybridized carbons (Fsp3) is 0.500. The van der Waals surface area contributed by atoms with Gasteiger partial charge in [-0.1, -0.05) is 54.6 Å². The largest absolute Gasteiger partial charge is 0.386 e. The Bertz CT molecular complexity index is 749. The van der Waals surface area contributed by atoms with Crippen LogP contribution >= 0.6 is 0 Å². The molecule has 1 aliphatic heterocycles. The summed E-state index contributed by atoms with van der Waals surface area (Å²) in [5.74, 6) is 1.21. The molecule has 144 valence electrons. The van der Waals surface area contributed by atoms with E-state index in [-0.39, 0.29) is 0 Å². The van der Waals surface area contributed by atoms with Gasteiger partial charge in [-0.3, -0.25) is 0 Å². The molecule has 4 rings (SSSR count). The Kier molecular flexibility index (Phi) is 4.87. The summed E-state index contributed by atoms with van der Waals surface area (Å²) in [7, 11) is 0. The Hall–Kier alpha value is -1.68. The van der Waals surface area contributed by atoms with E-state index in [2.05, 4.69) is 29.2 Å². The molecule has 3 nitrogen and oxygen atoms in total. The second-order valence-electron chi connectivity index (χ2n) is 9.09. The maximum absolute atomic E-state index is 11.1. The lowest BCUT2D eigenvalue weighted by Gasteiger charge is -2.26. The molecule has 1 aliphatic carbocycles. The number of nitrogens with zero attached hydrogens (tertiary/aromatic N) is 1. The third kappa shape index (κ3) is 3.96. The molecule has 2 aromatic carbocycles. The molecule has 3 heteroatoms. The first kappa shape index (κ1) is 18.7. The molecule has 0 spiro atoms. The molecule has 0 radical (unpaired) electrons. The quantitative estimate of drug-likeness (QED) is 0.849. The van der Waals surface area contributed by atoms with E-state index in [0.717, 1.165) is 50.0 Å². The van der Waals surface area contributed by atoms with E-state index in [9.17, 15) is 10.2 Å². The monoisotopic (exact) mass is 365 g/mol. The van der Waals surface area contributed by atoms with Gasteiger partial charge in [-0.05, 0) is 61.6 Å². The normalized spacial score (nSPS) is 28.4. The molecular weight excluding hydrogens is 334 g/mol. The van der Waals surface area contributed by atoms with E-state index in [1.807, 2.05) is 44.2 Å². The van der Waals surface area contributed by atoms with E-state index in [1.165, 1.54) is 5.56 Å². The van der Waals surface area contributed by atoms with E-state index in [4.69, 9.17) is 0 Å².